The van der Waals surface area contributed by atoms with Gasteiger partial charge in [-0.2, -0.15) is 0 Å². The number of aliphatic hydroxyl groups is 2. The van der Waals surface area contributed by atoms with Crippen molar-refractivity contribution in [3.63, 3.8) is 0 Å². The van der Waals surface area contributed by atoms with Gasteiger partial charge in [-0.15, -0.1) is 0 Å². The van der Waals surface area contributed by atoms with Crippen molar-refractivity contribution < 1.29 is 15.0 Å². The second kappa shape index (κ2) is 58.4. The number of nitrogens with one attached hydrogen (secondary N) is 1. The number of rotatable bonds is 55. The van der Waals surface area contributed by atoms with Gasteiger partial charge in [0.15, 0.2) is 0 Å². The fraction of sp³-hybridized carbons (Fsp3) is 0.825. The van der Waals surface area contributed by atoms with Crippen LogP contribution in [0.15, 0.2) is 60.8 Å². The van der Waals surface area contributed by atoms with Crippen molar-refractivity contribution >= 4 is 5.91 Å². The van der Waals surface area contributed by atoms with Crippen LogP contribution in [-0.4, -0.2) is 34.9 Å². The highest BCUT2D eigenvalue weighted by molar-refractivity contribution is 5.76. The standard InChI is InChI=1S/C63H117NO3/c1-3-5-7-9-11-13-15-17-19-21-23-25-27-29-30-31-32-33-35-36-38-40-42-44-46-48-50-52-54-56-58-62(66)61(60-65)64-63(67)59-57-55-53-51-49-47-45-43-41-39-37-34-28-26-24-22-20-18-16-14-12-10-8-6-4-2/h16,18,22,24,40,42,48,50,56,58,61-62,65-66H,3-15,17,19-21,23,25-39,41,43-47,49,51-55,57,59-60H2,1-2H3,(H,64,67)/b18-16-,24-22-,42-40+,50-48+,58-56+. The molecule has 0 rings (SSSR count). The van der Waals surface area contributed by atoms with Crippen LogP contribution in [0.2, 0.25) is 0 Å². The van der Waals surface area contributed by atoms with Gasteiger partial charge in [-0.05, 0) is 77.0 Å². The Balaban J connectivity index is 3.54. The molecule has 0 radical (unpaired) electrons. The van der Waals surface area contributed by atoms with E-state index in [0.717, 1.165) is 44.9 Å². The number of allylic oxidation sites excluding steroid dienone is 9. The second-order valence-electron chi connectivity index (χ2n) is 20.4. The predicted octanol–water partition coefficient (Wildman–Crippen LogP) is 20.0. The van der Waals surface area contributed by atoms with Crippen LogP contribution in [0, 0.1) is 0 Å². The largest absolute Gasteiger partial charge is 0.394 e. The molecule has 0 saturated carbocycles. The highest BCUT2D eigenvalue weighted by Crippen LogP contribution is 2.17. The molecule has 0 aliphatic rings. The Kier molecular flexibility index (Phi) is 56.7. The first-order valence-electron chi connectivity index (χ1n) is 30.0. The lowest BCUT2D eigenvalue weighted by Crippen LogP contribution is -2.45. The number of unbranched alkanes of at least 4 members (excludes halogenated alkanes) is 40. The zero-order valence-corrected chi connectivity index (χ0v) is 45.2. The molecule has 67 heavy (non-hydrogen) atoms. The molecule has 3 N–H and O–H groups in total. The summed E-state index contributed by atoms with van der Waals surface area (Å²) in [5.74, 6) is -0.0767. The third-order valence-electron chi connectivity index (χ3n) is 13.7. The number of amides is 1. The first-order chi connectivity index (χ1) is 33.2. The minimum absolute atomic E-state index is 0.0767. The molecule has 392 valence electrons. The topological polar surface area (TPSA) is 69.6 Å². The van der Waals surface area contributed by atoms with Crippen molar-refractivity contribution in [3.8, 4) is 0 Å². The molecule has 0 aliphatic heterocycles. The fourth-order valence-corrected chi connectivity index (χ4v) is 9.13. The maximum atomic E-state index is 12.5. The molecule has 4 nitrogen and oxygen atoms in total. The minimum Gasteiger partial charge on any atom is -0.394 e. The summed E-state index contributed by atoms with van der Waals surface area (Å²) in [6.07, 6.45) is 82.6. The summed E-state index contributed by atoms with van der Waals surface area (Å²) in [6.45, 7) is 4.31. The third kappa shape index (κ3) is 54.9. The highest BCUT2D eigenvalue weighted by Gasteiger charge is 2.18. The molecule has 2 atom stereocenters. The maximum absolute atomic E-state index is 12.5. The molecule has 0 saturated heterocycles. The summed E-state index contributed by atoms with van der Waals surface area (Å²) in [6, 6.07) is -0.649. The molecule has 0 bridgehead atoms. The van der Waals surface area contributed by atoms with E-state index in [9.17, 15) is 15.0 Å². The summed E-state index contributed by atoms with van der Waals surface area (Å²) in [7, 11) is 0. The molecular weight excluding hydrogens is 819 g/mol. The van der Waals surface area contributed by atoms with Crippen LogP contribution in [0.4, 0.5) is 0 Å². The van der Waals surface area contributed by atoms with Crippen molar-refractivity contribution in [2.24, 2.45) is 0 Å². The number of hydrogen-bond donors (Lipinski definition) is 3. The van der Waals surface area contributed by atoms with Crippen LogP contribution in [-0.2, 0) is 4.79 Å². The van der Waals surface area contributed by atoms with Gasteiger partial charge in [0.1, 0.15) is 0 Å². The Morgan fingerprint density at radius 3 is 0.955 bits per heavy atom. The van der Waals surface area contributed by atoms with Gasteiger partial charge in [0.05, 0.1) is 18.8 Å². The van der Waals surface area contributed by atoms with Crippen molar-refractivity contribution in [1.29, 1.82) is 0 Å². The van der Waals surface area contributed by atoms with E-state index in [1.807, 2.05) is 6.08 Å². The molecule has 1 amide bonds. The number of hydrogen-bond acceptors (Lipinski definition) is 3. The molecule has 0 aromatic carbocycles. The lowest BCUT2D eigenvalue weighted by molar-refractivity contribution is -0.123. The smallest absolute Gasteiger partial charge is 0.220 e. The summed E-state index contributed by atoms with van der Waals surface area (Å²) >= 11 is 0. The van der Waals surface area contributed by atoms with Crippen molar-refractivity contribution in [3.05, 3.63) is 60.8 Å². The van der Waals surface area contributed by atoms with Gasteiger partial charge in [0, 0.05) is 6.42 Å². The molecule has 0 aromatic rings. The number of aliphatic hydroxyl groups excluding tert-OH is 2. The number of carbonyl (C=O) groups excluding carboxylic acids is 1. The van der Waals surface area contributed by atoms with Crippen LogP contribution in [0.3, 0.4) is 0 Å². The zero-order chi connectivity index (χ0) is 48.5. The Morgan fingerprint density at radius 1 is 0.358 bits per heavy atom. The van der Waals surface area contributed by atoms with Crippen LogP contribution >= 0.6 is 0 Å². The Morgan fingerprint density at radius 2 is 0.627 bits per heavy atom. The van der Waals surface area contributed by atoms with Crippen molar-refractivity contribution in [1.82, 2.24) is 5.32 Å². The summed E-state index contributed by atoms with van der Waals surface area (Å²) in [5, 5.41) is 23.2. The third-order valence-corrected chi connectivity index (χ3v) is 13.7. The molecule has 0 aliphatic carbocycles. The molecule has 0 heterocycles. The quantitative estimate of drug-likeness (QED) is 0.0420. The van der Waals surface area contributed by atoms with Gasteiger partial charge in [0.2, 0.25) is 5.91 Å². The summed E-state index contributed by atoms with van der Waals surface area (Å²) < 4.78 is 0. The minimum atomic E-state index is -0.874. The van der Waals surface area contributed by atoms with Crippen molar-refractivity contribution in [2.75, 3.05) is 6.61 Å². The predicted molar refractivity (Wildman–Crippen MR) is 299 cm³/mol. The highest BCUT2D eigenvalue weighted by atomic mass is 16.3. The normalized spacial score (nSPS) is 13.2. The average molecular weight is 937 g/mol. The van der Waals surface area contributed by atoms with Crippen LogP contribution in [0.1, 0.15) is 316 Å². The van der Waals surface area contributed by atoms with E-state index in [1.165, 1.54) is 250 Å². The molecule has 0 aromatic heterocycles. The Labute approximate surface area is 419 Å². The first kappa shape index (κ1) is 65.1. The summed E-state index contributed by atoms with van der Waals surface area (Å²) in [4.78, 5) is 12.5. The van der Waals surface area contributed by atoms with E-state index in [0.29, 0.717) is 6.42 Å². The molecule has 2 unspecified atom stereocenters. The molecule has 0 fully saturated rings. The average Bonchev–Trinajstić information content (AvgIpc) is 3.33. The van der Waals surface area contributed by atoms with Crippen LogP contribution < -0.4 is 5.32 Å². The van der Waals surface area contributed by atoms with Crippen LogP contribution in [0.25, 0.3) is 0 Å². The van der Waals surface area contributed by atoms with Gasteiger partial charge < -0.3 is 15.5 Å². The molecule has 4 heteroatoms. The Hall–Kier alpha value is -1.91. The molecular formula is C63H117NO3. The lowest BCUT2D eigenvalue weighted by atomic mass is 10.0. The van der Waals surface area contributed by atoms with E-state index < -0.39 is 12.1 Å². The van der Waals surface area contributed by atoms with E-state index in [1.54, 1.807) is 6.08 Å². The van der Waals surface area contributed by atoms with E-state index in [-0.39, 0.29) is 12.5 Å². The van der Waals surface area contributed by atoms with Gasteiger partial charge in [-0.1, -0.05) is 293 Å². The van der Waals surface area contributed by atoms with Gasteiger partial charge in [-0.3, -0.25) is 4.79 Å². The summed E-state index contributed by atoms with van der Waals surface area (Å²) in [5.41, 5.74) is 0. The van der Waals surface area contributed by atoms with Gasteiger partial charge in [-0.25, -0.2) is 0 Å². The van der Waals surface area contributed by atoms with E-state index >= 15 is 0 Å². The second-order valence-corrected chi connectivity index (χ2v) is 20.4. The maximum Gasteiger partial charge on any atom is 0.220 e. The fourth-order valence-electron chi connectivity index (χ4n) is 9.13. The van der Waals surface area contributed by atoms with Crippen molar-refractivity contribution in [2.45, 2.75) is 328 Å². The monoisotopic (exact) mass is 936 g/mol. The SMILES string of the molecule is CCCCCCC/C=C\C/C=C\CCCCCCCCCCCCCCCC(=O)NC(CO)C(O)/C=C/CC/C=C/CC/C=C/CCCCCCCCCCCCCCCCCCCCCC. The van der Waals surface area contributed by atoms with Gasteiger partial charge in [0.25, 0.3) is 0 Å². The zero-order valence-electron chi connectivity index (χ0n) is 45.2. The Bertz CT molecular complexity index is 1110. The molecule has 0 spiro atoms. The van der Waals surface area contributed by atoms with Crippen LogP contribution in [0.5, 0.6) is 0 Å². The van der Waals surface area contributed by atoms with E-state index in [2.05, 4.69) is 67.8 Å². The van der Waals surface area contributed by atoms with E-state index in [4.69, 9.17) is 0 Å². The van der Waals surface area contributed by atoms with Gasteiger partial charge >= 0.3 is 0 Å². The first-order valence-corrected chi connectivity index (χ1v) is 30.0. The lowest BCUT2D eigenvalue weighted by Gasteiger charge is -2.19. The number of carbonyl (C=O) groups is 1.